The van der Waals surface area contributed by atoms with Crippen LogP contribution in [-0.2, 0) is 6.54 Å². The molecule has 0 unspecified atom stereocenters. The van der Waals surface area contributed by atoms with E-state index in [1.807, 2.05) is 38.1 Å². The molecule has 0 aliphatic carbocycles. The predicted molar refractivity (Wildman–Crippen MR) is 79.3 cm³/mol. The van der Waals surface area contributed by atoms with Gasteiger partial charge in [-0.15, -0.1) is 0 Å². The molecular formula is C15H19N3O2. The van der Waals surface area contributed by atoms with Gasteiger partial charge in [0.15, 0.2) is 5.82 Å². The highest BCUT2D eigenvalue weighted by Gasteiger charge is 2.02. The normalized spacial score (nSPS) is 10.3. The zero-order valence-electron chi connectivity index (χ0n) is 11.8. The fourth-order valence-corrected chi connectivity index (χ4v) is 1.86. The minimum absolute atomic E-state index is 0.106. The van der Waals surface area contributed by atoms with E-state index in [4.69, 9.17) is 4.74 Å². The quantitative estimate of drug-likeness (QED) is 0.819. The lowest BCUT2D eigenvalue weighted by Gasteiger charge is -2.09. The van der Waals surface area contributed by atoms with Crippen LogP contribution in [0.25, 0.3) is 0 Å². The summed E-state index contributed by atoms with van der Waals surface area (Å²) < 4.78 is 7.21. The van der Waals surface area contributed by atoms with Crippen LogP contribution in [0.3, 0.4) is 0 Å². The molecule has 106 valence electrons. The van der Waals surface area contributed by atoms with Gasteiger partial charge in [-0.25, -0.2) is 4.98 Å². The molecule has 1 aromatic heterocycles. The Hall–Kier alpha value is -2.30. The summed E-state index contributed by atoms with van der Waals surface area (Å²) in [7, 11) is 0. The van der Waals surface area contributed by atoms with Gasteiger partial charge in [-0.05, 0) is 31.5 Å². The third kappa shape index (κ3) is 3.60. The molecule has 1 aromatic carbocycles. The summed E-state index contributed by atoms with van der Waals surface area (Å²) in [6.45, 7) is 5.59. The smallest absolute Gasteiger partial charge is 0.293 e. The summed E-state index contributed by atoms with van der Waals surface area (Å²) >= 11 is 0. The van der Waals surface area contributed by atoms with Crippen molar-refractivity contribution in [3.63, 3.8) is 0 Å². The maximum absolute atomic E-state index is 11.9. The first kappa shape index (κ1) is 14.1. The number of rotatable bonds is 6. The van der Waals surface area contributed by atoms with E-state index in [0.29, 0.717) is 25.5 Å². The van der Waals surface area contributed by atoms with Crippen LogP contribution in [0.2, 0.25) is 0 Å². The summed E-state index contributed by atoms with van der Waals surface area (Å²) in [5.41, 5.74) is 1.05. The lowest BCUT2D eigenvalue weighted by molar-refractivity contribution is 0.332. The fourth-order valence-electron chi connectivity index (χ4n) is 1.86. The fraction of sp³-hybridized carbons (Fsp3) is 0.333. The number of ether oxygens (including phenoxy) is 1. The number of nitrogens with one attached hydrogen (secondary N) is 1. The van der Waals surface area contributed by atoms with Crippen LogP contribution < -0.4 is 15.6 Å². The number of nitrogens with zero attached hydrogens (tertiary/aromatic N) is 2. The average Bonchev–Trinajstić information content (AvgIpc) is 2.45. The highest BCUT2D eigenvalue weighted by atomic mass is 16.5. The van der Waals surface area contributed by atoms with E-state index in [0.717, 1.165) is 11.3 Å². The average molecular weight is 273 g/mol. The summed E-state index contributed by atoms with van der Waals surface area (Å²) in [5, 5.41) is 3.00. The summed E-state index contributed by atoms with van der Waals surface area (Å²) in [4.78, 5) is 16.0. The molecule has 0 saturated carbocycles. The summed E-state index contributed by atoms with van der Waals surface area (Å²) in [6, 6.07) is 7.87. The highest BCUT2D eigenvalue weighted by molar-refractivity contribution is 5.31. The van der Waals surface area contributed by atoms with E-state index < -0.39 is 0 Å². The molecular weight excluding hydrogens is 254 g/mol. The molecule has 1 heterocycles. The Bertz CT molecular complexity index is 623. The van der Waals surface area contributed by atoms with E-state index in [9.17, 15) is 4.79 Å². The summed E-state index contributed by atoms with van der Waals surface area (Å²) in [5.74, 6) is 1.20. The van der Waals surface area contributed by atoms with Gasteiger partial charge in [0, 0.05) is 18.9 Å². The molecule has 20 heavy (non-hydrogen) atoms. The molecule has 0 aliphatic heterocycles. The van der Waals surface area contributed by atoms with Gasteiger partial charge < -0.3 is 14.6 Å². The topological polar surface area (TPSA) is 56.1 Å². The second kappa shape index (κ2) is 6.75. The van der Waals surface area contributed by atoms with Gasteiger partial charge >= 0.3 is 0 Å². The molecule has 0 atom stereocenters. The Labute approximate surface area is 118 Å². The third-order valence-electron chi connectivity index (χ3n) is 2.91. The van der Waals surface area contributed by atoms with Gasteiger partial charge in [-0.2, -0.15) is 0 Å². The Kier molecular flexibility index (Phi) is 4.76. The van der Waals surface area contributed by atoms with Crippen LogP contribution in [0.4, 0.5) is 5.82 Å². The van der Waals surface area contributed by atoms with E-state index in [1.165, 1.54) is 0 Å². The lowest BCUT2D eigenvalue weighted by Crippen LogP contribution is -2.25. The molecule has 0 saturated heterocycles. The van der Waals surface area contributed by atoms with E-state index in [1.54, 1.807) is 17.0 Å². The standard InChI is InChI=1S/C15H19N3O2/c1-3-18-9-7-16-14(15(18)19)17-8-10-20-13-6-4-5-12(2)11-13/h4-7,9,11H,3,8,10H2,1-2H3,(H,16,17). The first-order valence-corrected chi connectivity index (χ1v) is 6.69. The minimum atomic E-state index is -0.106. The van der Waals surface area contributed by atoms with Crippen LogP contribution in [0.15, 0.2) is 41.5 Å². The van der Waals surface area contributed by atoms with Crippen LogP contribution in [0, 0.1) is 6.92 Å². The monoisotopic (exact) mass is 273 g/mol. The molecule has 0 spiro atoms. The third-order valence-corrected chi connectivity index (χ3v) is 2.91. The SMILES string of the molecule is CCn1ccnc(NCCOc2cccc(C)c2)c1=O. The second-order valence-corrected chi connectivity index (χ2v) is 4.46. The molecule has 2 rings (SSSR count). The lowest BCUT2D eigenvalue weighted by atomic mass is 10.2. The number of benzene rings is 1. The van der Waals surface area contributed by atoms with Gasteiger partial charge in [-0.1, -0.05) is 12.1 Å². The number of hydrogen-bond acceptors (Lipinski definition) is 4. The van der Waals surface area contributed by atoms with Crippen molar-refractivity contribution in [1.82, 2.24) is 9.55 Å². The van der Waals surface area contributed by atoms with Crippen LogP contribution >= 0.6 is 0 Å². The molecule has 0 radical (unpaired) electrons. The zero-order chi connectivity index (χ0) is 14.4. The van der Waals surface area contributed by atoms with Crippen molar-refractivity contribution in [3.8, 4) is 5.75 Å². The first-order chi connectivity index (χ1) is 9.70. The number of aromatic nitrogens is 2. The second-order valence-electron chi connectivity index (χ2n) is 4.46. The number of hydrogen-bond donors (Lipinski definition) is 1. The van der Waals surface area contributed by atoms with E-state index in [-0.39, 0.29) is 5.56 Å². The maximum atomic E-state index is 11.9. The Morgan fingerprint density at radius 2 is 2.25 bits per heavy atom. The van der Waals surface area contributed by atoms with Gasteiger partial charge in [0.25, 0.3) is 5.56 Å². The molecule has 0 aliphatic rings. The van der Waals surface area contributed by atoms with Crippen LogP contribution in [-0.4, -0.2) is 22.7 Å². The first-order valence-electron chi connectivity index (χ1n) is 6.69. The molecule has 5 heteroatoms. The molecule has 0 amide bonds. The van der Waals surface area contributed by atoms with Gasteiger partial charge in [0.05, 0.1) is 6.54 Å². The number of aryl methyl sites for hydroxylation is 2. The molecule has 2 aromatic rings. The van der Waals surface area contributed by atoms with Crippen molar-refractivity contribution in [2.75, 3.05) is 18.5 Å². The summed E-state index contributed by atoms with van der Waals surface area (Å²) in [6.07, 6.45) is 3.30. The predicted octanol–water partition coefficient (Wildman–Crippen LogP) is 2.06. The Balaban J connectivity index is 1.86. The zero-order valence-corrected chi connectivity index (χ0v) is 11.8. The van der Waals surface area contributed by atoms with Crippen molar-refractivity contribution in [3.05, 3.63) is 52.6 Å². The van der Waals surface area contributed by atoms with E-state index >= 15 is 0 Å². The minimum Gasteiger partial charge on any atom is -0.492 e. The molecule has 5 nitrogen and oxygen atoms in total. The van der Waals surface area contributed by atoms with Crippen molar-refractivity contribution in [2.24, 2.45) is 0 Å². The van der Waals surface area contributed by atoms with E-state index in [2.05, 4.69) is 10.3 Å². The molecule has 1 N–H and O–H groups in total. The maximum Gasteiger partial charge on any atom is 0.293 e. The Morgan fingerprint density at radius 3 is 3.00 bits per heavy atom. The number of anilines is 1. The van der Waals surface area contributed by atoms with Crippen LogP contribution in [0.5, 0.6) is 5.75 Å². The van der Waals surface area contributed by atoms with Crippen molar-refractivity contribution in [2.45, 2.75) is 20.4 Å². The van der Waals surface area contributed by atoms with Gasteiger partial charge in [0.1, 0.15) is 12.4 Å². The largest absolute Gasteiger partial charge is 0.492 e. The molecule has 0 fully saturated rings. The Morgan fingerprint density at radius 1 is 1.40 bits per heavy atom. The van der Waals surface area contributed by atoms with Crippen molar-refractivity contribution >= 4 is 5.82 Å². The molecule has 0 bridgehead atoms. The van der Waals surface area contributed by atoms with Crippen molar-refractivity contribution in [1.29, 1.82) is 0 Å². The van der Waals surface area contributed by atoms with Crippen molar-refractivity contribution < 1.29 is 4.74 Å². The highest BCUT2D eigenvalue weighted by Crippen LogP contribution is 2.11. The van der Waals surface area contributed by atoms with Gasteiger partial charge in [-0.3, -0.25) is 4.79 Å². The van der Waals surface area contributed by atoms with Gasteiger partial charge in [0.2, 0.25) is 0 Å². The van der Waals surface area contributed by atoms with Crippen LogP contribution in [0.1, 0.15) is 12.5 Å².